The van der Waals surface area contributed by atoms with Crippen LogP contribution in [0.25, 0.3) is 0 Å². The van der Waals surface area contributed by atoms with E-state index in [1.165, 1.54) is 7.11 Å². The van der Waals surface area contributed by atoms with Gasteiger partial charge in [0.05, 0.1) is 7.11 Å². The van der Waals surface area contributed by atoms with E-state index < -0.39 is 12.1 Å². The molecule has 0 aliphatic carbocycles. The van der Waals surface area contributed by atoms with E-state index >= 15 is 0 Å². The van der Waals surface area contributed by atoms with E-state index in [9.17, 15) is 4.79 Å². The summed E-state index contributed by atoms with van der Waals surface area (Å²) in [5.74, 6) is -0.522. The average Bonchev–Trinajstić information content (AvgIpc) is 2.10. The van der Waals surface area contributed by atoms with Crippen LogP contribution in [0.2, 0.25) is 0 Å². The van der Waals surface area contributed by atoms with Crippen LogP contribution in [0.4, 0.5) is 0 Å². The van der Waals surface area contributed by atoms with Gasteiger partial charge < -0.3 is 9.84 Å². The van der Waals surface area contributed by atoms with Gasteiger partial charge >= 0.3 is 5.97 Å². The number of esters is 1. The first kappa shape index (κ1) is 11.4. The van der Waals surface area contributed by atoms with Crippen molar-refractivity contribution in [1.29, 1.82) is 0 Å². The normalized spacial score (nSPS) is 12.6. The summed E-state index contributed by atoms with van der Waals surface area (Å²) in [6, 6.07) is 0. The van der Waals surface area contributed by atoms with Gasteiger partial charge in [0.25, 0.3) is 0 Å². The van der Waals surface area contributed by atoms with Crippen LogP contribution in [0, 0.1) is 0 Å². The van der Waals surface area contributed by atoms with Gasteiger partial charge in [0, 0.05) is 0 Å². The Labute approximate surface area is 73.7 Å². The highest BCUT2D eigenvalue weighted by Gasteiger charge is 2.13. The van der Waals surface area contributed by atoms with Gasteiger partial charge in [-0.05, 0) is 6.42 Å². The minimum atomic E-state index is -0.924. The molecule has 72 valence electrons. The minimum Gasteiger partial charge on any atom is -0.467 e. The van der Waals surface area contributed by atoms with Gasteiger partial charge in [0.15, 0.2) is 6.10 Å². The summed E-state index contributed by atoms with van der Waals surface area (Å²) in [4.78, 5) is 10.7. The average molecular weight is 174 g/mol. The molecular weight excluding hydrogens is 156 g/mol. The van der Waals surface area contributed by atoms with Crippen LogP contribution in [0.3, 0.4) is 0 Å². The summed E-state index contributed by atoms with van der Waals surface area (Å²) in [5.41, 5.74) is 0. The molecule has 3 heteroatoms. The molecule has 0 aliphatic rings. The second-order valence-corrected chi connectivity index (χ2v) is 2.89. The zero-order valence-corrected chi connectivity index (χ0v) is 7.88. The summed E-state index contributed by atoms with van der Waals surface area (Å²) >= 11 is 0. The van der Waals surface area contributed by atoms with Crippen LogP contribution in [-0.2, 0) is 9.53 Å². The molecule has 0 spiro atoms. The lowest BCUT2D eigenvalue weighted by atomic mass is 10.1. The lowest BCUT2D eigenvalue weighted by molar-refractivity contribution is -0.150. The molecule has 0 saturated heterocycles. The van der Waals surface area contributed by atoms with Gasteiger partial charge in [-0.15, -0.1) is 0 Å². The molecule has 3 nitrogen and oxygen atoms in total. The maximum absolute atomic E-state index is 10.7. The predicted molar refractivity (Wildman–Crippen MR) is 46.8 cm³/mol. The molecule has 0 aromatic rings. The number of aliphatic hydroxyl groups excluding tert-OH is 1. The van der Waals surface area contributed by atoms with Crippen LogP contribution in [-0.4, -0.2) is 24.3 Å². The minimum absolute atomic E-state index is 0.521. The quantitative estimate of drug-likeness (QED) is 0.490. The smallest absolute Gasteiger partial charge is 0.334 e. The molecule has 0 radical (unpaired) electrons. The predicted octanol–water partition coefficient (Wildman–Crippen LogP) is 1.49. The van der Waals surface area contributed by atoms with Crippen LogP contribution in [0.5, 0.6) is 0 Å². The highest BCUT2D eigenvalue weighted by Crippen LogP contribution is 2.06. The fourth-order valence-electron chi connectivity index (χ4n) is 1.02. The SMILES string of the molecule is CCCCCC[C@@H](O)C(=O)OC. The Morgan fingerprint density at radius 2 is 2.08 bits per heavy atom. The van der Waals surface area contributed by atoms with Crippen LogP contribution >= 0.6 is 0 Å². The van der Waals surface area contributed by atoms with E-state index in [0.717, 1.165) is 25.7 Å². The molecule has 0 heterocycles. The lowest BCUT2D eigenvalue weighted by Gasteiger charge is -2.06. The molecule has 12 heavy (non-hydrogen) atoms. The molecule has 0 rings (SSSR count). The van der Waals surface area contributed by atoms with Crippen molar-refractivity contribution in [3.05, 3.63) is 0 Å². The summed E-state index contributed by atoms with van der Waals surface area (Å²) in [6.45, 7) is 2.12. The fourth-order valence-corrected chi connectivity index (χ4v) is 1.02. The summed E-state index contributed by atoms with van der Waals surface area (Å²) < 4.78 is 4.38. The number of hydrogen-bond acceptors (Lipinski definition) is 3. The van der Waals surface area contributed by atoms with E-state index in [-0.39, 0.29) is 0 Å². The van der Waals surface area contributed by atoms with E-state index in [0.29, 0.717) is 6.42 Å². The van der Waals surface area contributed by atoms with E-state index in [4.69, 9.17) is 5.11 Å². The lowest BCUT2D eigenvalue weighted by Crippen LogP contribution is -2.21. The fraction of sp³-hybridized carbons (Fsp3) is 0.889. The Balaban J connectivity index is 3.31. The van der Waals surface area contributed by atoms with Crippen molar-refractivity contribution in [2.45, 2.75) is 45.1 Å². The molecule has 0 aromatic carbocycles. The van der Waals surface area contributed by atoms with Crippen molar-refractivity contribution < 1.29 is 14.6 Å². The Hall–Kier alpha value is -0.570. The van der Waals surface area contributed by atoms with Crippen molar-refractivity contribution in [2.24, 2.45) is 0 Å². The zero-order valence-electron chi connectivity index (χ0n) is 7.88. The van der Waals surface area contributed by atoms with Gasteiger partial charge in [-0.3, -0.25) is 0 Å². The second-order valence-electron chi connectivity index (χ2n) is 2.89. The van der Waals surface area contributed by atoms with Crippen LogP contribution in [0.15, 0.2) is 0 Å². The zero-order chi connectivity index (χ0) is 9.40. The molecular formula is C9H18O3. The highest BCUT2D eigenvalue weighted by atomic mass is 16.5. The number of rotatable bonds is 6. The molecule has 0 saturated carbocycles. The van der Waals surface area contributed by atoms with Gasteiger partial charge in [0.2, 0.25) is 0 Å². The van der Waals surface area contributed by atoms with E-state index in [2.05, 4.69) is 11.7 Å². The van der Waals surface area contributed by atoms with Crippen LogP contribution < -0.4 is 0 Å². The van der Waals surface area contributed by atoms with Gasteiger partial charge in [-0.1, -0.05) is 32.6 Å². The molecule has 1 N–H and O–H groups in total. The van der Waals surface area contributed by atoms with Gasteiger partial charge in [0.1, 0.15) is 0 Å². The van der Waals surface area contributed by atoms with E-state index in [1.807, 2.05) is 0 Å². The topological polar surface area (TPSA) is 46.5 Å². The highest BCUT2D eigenvalue weighted by molar-refractivity contribution is 5.74. The van der Waals surface area contributed by atoms with Crippen LogP contribution in [0.1, 0.15) is 39.0 Å². The molecule has 0 amide bonds. The Morgan fingerprint density at radius 1 is 1.42 bits per heavy atom. The molecule has 0 aliphatic heterocycles. The summed E-state index contributed by atoms with van der Waals surface area (Å²) in [6.07, 6.45) is 3.88. The van der Waals surface area contributed by atoms with Crippen molar-refractivity contribution in [3.8, 4) is 0 Å². The first-order valence-electron chi connectivity index (χ1n) is 4.48. The van der Waals surface area contributed by atoms with E-state index in [1.54, 1.807) is 0 Å². The van der Waals surface area contributed by atoms with Gasteiger partial charge in [-0.2, -0.15) is 0 Å². The van der Waals surface area contributed by atoms with Gasteiger partial charge in [-0.25, -0.2) is 4.79 Å². The number of carbonyl (C=O) groups is 1. The third kappa shape index (κ3) is 5.13. The van der Waals surface area contributed by atoms with Crippen molar-refractivity contribution >= 4 is 5.97 Å². The van der Waals surface area contributed by atoms with Crippen molar-refractivity contribution in [2.75, 3.05) is 7.11 Å². The number of unbranched alkanes of at least 4 members (excludes halogenated alkanes) is 3. The second kappa shape index (κ2) is 7.10. The van der Waals surface area contributed by atoms with Crippen molar-refractivity contribution in [1.82, 2.24) is 0 Å². The Kier molecular flexibility index (Phi) is 6.76. The third-order valence-corrected chi connectivity index (χ3v) is 1.80. The largest absolute Gasteiger partial charge is 0.467 e. The molecule has 0 fully saturated rings. The number of hydrogen-bond donors (Lipinski definition) is 1. The summed E-state index contributed by atoms with van der Waals surface area (Å²) in [7, 11) is 1.29. The maximum atomic E-state index is 10.7. The maximum Gasteiger partial charge on any atom is 0.334 e. The standard InChI is InChI=1S/C9H18O3/c1-3-4-5-6-7-8(10)9(11)12-2/h8,10H,3-7H2,1-2H3/t8-/m1/s1. The summed E-state index contributed by atoms with van der Waals surface area (Å²) in [5, 5.41) is 9.14. The number of aliphatic hydroxyl groups is 1. The molecule has 1 atom stereocenters. The molecule has 0 bridgehead atoms. The number of ether oxygens (including phenoxy) is 1. The third-order valence-electron chi connectivity index (χ3n) is 1.80. The monoisotopic (exact) mass is 174 g/mol. The first-order valence-corrected chi connectivity index (χ1v) is 4.48. The molecule has 0 aromatic heterocycles. The number of methoxy groups -OCH3 is 1. The molecule has 0 unspecified atom stereocenters. The Morgan fingerprint density at radius 3 is 2.58 bits per heavy atom. The first-order chi connectivity index (χ1) is 5.72. The van der Waals surface area contributed by atoms with Crippen molar-refractivity contribution in [3.63, 3.8) is 0 Å². The number of carbonyl (C=O) groups excluding carboxylic acids is 1. The Bertz CT molecular complexity index is 123.